The highest BCUT2D eigenvalue weighted by molar-refractivity contribution is 8.02. The molecule has 28 heavy (non-hydrogen) atoms. The molecule has 7 nitrogen and oxygen atoms in total. The number of methoxy groups -OCH3 is 1. The first-order valence-electron chi connectivity index (χ1n) is 8.25. The van der Waals surface area contributed by atoms with Gasteiger partial charge in [-0.1, -0.05) is 16.9 Å². The Morgan fingerprint density at radius 3 is 2.14 bits per heavy atom. The van der Waals surface area contributed by atoms with Crippen molar-refractivity contribution in [3.8, 4) is 11.5 Å². The fraction of sp³-hybridized carbons (Fsp3) is 0.278. The largest absolute Gasteiger partial charge is 0.540 e. The zero-order chi connectivity index (χ0) is 20.6. The highest BCUT2D eigenvalue weighted by Gasteiger charge is 2.23. The van der Waals surface area contributed by atoms with Crippen LogP contribution in [-0.2, 0) is 31.6 Å². The van der Waals surface area contributed by atoms with Gasteiger partial charge in [-0.15, -0.1) is 5.10 Å². The van der Waals surface area contributed by atoms with E-state index in [2.05, 4.69) is 5.10 Å². The highest BCUT2D eigenvalue weighted by Crippen LogP contribution is 2.49. The van der Waals surface area contributed by atoms with Crippen molar-refractivity contribution in [2.75, 3.05) is 28.4 Å². The number of nitrogens with zero attached hydrogens (tertiary/aromatic N) is 2. The number of rotatable bonds is 10. The number of ether oxygens (including phenoxy) is 1. The van der Waals surface area contributed by atoms with E-state index in [1.165, 1.54) is 14.2 Å². The van der Waals surface area contributed by atoms with E-state index in [1.807, 2.05) is 24.3 Å². The lowest BCUT2D eigenvalue weighted by Crippen LogP contribution is -2.03. The second-order valence-corrected chi connectivity index (χ2v) is 10.1. The van der Waals surface area contributed by atoms with Gasteiger partial charge in [0.2, 0.25) is 11.8 Å². The van der Waals surface area contributed by atoms with Crippen LogP contribution >= 0.6 is 14.7 Å². The summed E-state index contributed by atoms with van der Waals surface area (Å²) in [4.78, 5) is 0. The van der Waals surface area contributed by atoms with E-state index in [1.54, 1.807) is 49.4 Å². The molecule has 0 saturated carbocycles. The fourth-order valence-corrected chi connectivity index (χ4v) is 4.12. The minimum atomic E-state index is -3.10. The van der Waals surface area contributed by atoms with Crippen molar-refractivity contribution >= 4 is 32.7 Å². The van der Waals surface area contributed by atoms with Crippen LogP contribution in [0.5, 0.6) is 11.5 Å². The molecule has 0 aromatic heterocycles. The quantitative estimate of drug-likeness (QED) is 0.298. The number of hydrazone groups is 1. The van der Waals surface area contributed by atoms with E-state index >= 15 is 0 Å². The van der Waals surface area contributed by atoms with Gasteiger partial charge in [0.15, 0.2) is 5.75 Å². The summed E-state index contributed by atoms with van der Waals surface area (Å²) in [6, 6.07) is 14.7. The molecule has 0 aliphatic carbocycles. The van der Waals surface area contributed by atoms with Crippen molar-refractivity contribution < 1.29 is 22.9 Å². The lowest BCUT2D eigenvalue weighted by Gasteiger charge is -2.13. The van der Waals surface area contributed by atoms with E-state index in [-0.39, 0.29) is 6.16 Å². The molecule has 1 unspecified atom stereocenters. The maximum Gasteiger partial charge on any atom is 0.540 e. The Hall–Kier alpha value is -1.82. The average molecular weight is 441 g/mol. The summed E-state index contributed by atoms with van der Waals surface area (Å²) < 4.78 is 34.6. The van der Waals surface area contributed by atoms with Gasteiger partial charge in [-0.3, -0.25) is 9.09 Å². The summed E-state index contributed by atoms with van der Waals surface area (Å²) in [5.41, 5.74) is 1.75. The summed E-state index contributed by atoms with van der Waals surface area (Å²) in [6.45, 7) is 0. The van der Waals surface area contributed by atoms with Gasteiger partial charge in [-0.25, -0.2) is 0 Å². The van der Waals surface area contributed by atoms with Gasteiger partial charge in [0.05, 0.1) is 26.5 Å². The molecular weight excluding hydrogens is 418 g/mol. The van der Waals surface area contributed by atoms with Crippen LogP contribution in [0.25, 0.3) is 0 Å². The van der Waals surface area contributed by atoms with Gasteiger partial charge in [-0.05, 0) is 47.5 Å². The van der Waals surface area contributed by atoms with Crippen molar-refractivity contribution in [1.82, 2.24) is 4.78 Å². The molecule has 1 atom stereocenters. The third-order valence-electron chi connectivity index (χ3n) is 3.77. The monoisotopic (exact) mass is 441 g/mol. The maximum atomic E-state index is 12.2. The highest BCUT2D eigenvalue weighted by atomic mass is 32.4. The summed E-state index contributed by atoms with van der Waals surface area (Å²) >= 11 is 5.41. The van der Waals surface area contributed by atoms with Gasteiger partial charge in [-0.2, -0.15) is 0 Å². The Kier molecular flexibility index (Phi) is 8.55. The van der Waals surface area contributed by atoms with E-state index in [9.17, 15) is 4.57 Å². The zero-order valence-corrected chi connectivity index (χ0v) is 18.7. The van der Waals surface area contributed by atoms with Crippen LogP contribution in [0.15, 0.2) is 53.6 Å². The molecule has 2 rings (SSSR count). The third-order valence-corrected chi connectivity index (χ3v) is 7.51. The first kappa shape index (κ1) is 22.5. The lowest BCUT2D eigenvalue weighted by atomic mass is 10.2. The van der Waals surface area contributed by atoms with Gasteiger partial charge >= 0.3 is 14.7 Å². The van der Waals surface area contributed by atoms with Gasteiger partial charge in [0.1, 0.15) is 5.75 Å². The lowest BCUT2D eigenvalue weighted by molar-refractivity contribution is 0.275. The molecule has 0 saturated heterocycles. The van der Waals surface area contributed by atoms with Crippen LogP contribution in [-0.4, -0.2) is 39.4 Å². The molecule has 0 radical (unpaired) electrons. The molecule has 0 aliphatic rings. The second kappa shape index (κ2) is 10.6. The van der Waals surface area contributed by atoms with Crippen LogP contribution in [0.3, 0.4) is 0 Å². The molecule has 0 spiro atoms. The second-order valence-electron chi connectivity index (χ2n) is 5.61. The molecule has 0 N–H and O–H groups in total. The Balaban J connectivity index is 1.94. The van der Waals surface area contributed by atoms with Crippen LogP contribution in [0.2, 0.25) is 0 Å². The van der Waals surface area contributed by atoms with Crippen LogP contribution in [0.1, 0.15) is 11.1 Å². The van der Waals surface area contributed by atoms with Gasteiger partial charge in [0, 0.05) is 14.2 Å². The number of hydrogen-bond acceptors (Lipinski definition) is 7. The van der Waals surface area contributed by atoms with E-state index in [0.717, 1.165) is 16.9 Å². The molecule has 10 heteroatoms. The Bertz CT molecular complexity index is 851. The number of hydrogen-bond donors (Lipinski definition) is 0. The standard InChI is InChI=1S/C18H23N2O5P2S/c1-20(19-13-15-5-9-17(22-2)10-6-15)26(28)25-18-11-7-16(8-12-18)14-27(21,23-3)24-4/h5-13H,14H2,1-4H3/q+1/b19-13-. The van der Waals surface area contributed by atoms with Gasteiger partial charge < -0.3 is 13.8 Å². The predicted molar refractivity (Wildman–Crippen MR) is 115 cm³/mol. The van der Waals surface area contributed by atoms with Crippen molar-refractivity contribution in [1.29, 1.82) is 0 Å². The Labute approximate surface area is 171 Å². The Morgan fingerprint density at radius 1 is 1.04 bits per heavy atom. The van der Waals surface area contributed by atoms with Crippen molar-refractivity contribution in [3.63, 3.8) is 0 Å². The molecule has 0 bridgehead atoms. The molecule has 2 aromatic carbocycles. The molecule has 0 heterocycles. The molecule has 0 aliphatic heterocycles. The molecule has 150 valence electrons. The molecule has 2 aromatic rings. The van der Waals surface area contributed by atoms with E-state index < -0.39 is 14.7 Å². The summed E-state index contributed by atoms with van der Waals surface area (Å²) in [6.07, 6.45) is 1.90. The fourth-order valence-electron chi connectivity index (χ4n) is 2.11. The van der Waals surface area contributed by atoms with Crippen LogP contribution < -0.4 is 9.26 Å². The summed E-state index contributed by atoms with van der Waals surface area (Å²) in [7, 11) is 1.65. The van der Waals surface area contributed by atoms with Gasteiger partial charge in [0.25, 0.3) is 0 Å². The molecular formula is C18H23N2O5P2S+. The van der Waals surface area contributed by atoms with E-state index in [4.69, 9.17) is 30.1 Å². The Morgan fingerprint density at radius 2 is 1.61 bits per heavy atom. The van der Waals surface area contributed by atoms with Crippen molar-refractivity contribution in [2.24, 2.45) is 5.10 Å². The van der Waals surface area contributed by atoms with Crippen LogP contribution in [0, 0.1) is 0 Å². The average Bonchev–Trinajstić information content (AvgIpc) is 2.73. The third kappa shape index (κ3) is 6.66. The molecule has 0 fully saturated rings. The first-order valence-corrected chi connectivity index (χ1v) is 12.2. The van der Waals surface area contributed by atoms with Crippen molar-refractivity contribution in [2.45, 2.75) is 6.16 Å². The molecule has 0 amide bonds. The topological polar surface area (TPSA) is 69.6 Å². The summed E-state index contributed by atoms with van der Waals surface area (Å²) in [5, 5.41) is 4.33. The van der Waals surface area contributed by atoms with Crippen molar-refractivity contribution in [3.05, 3.63) is 59.7 Å². The summed E-state index contributed by atoms with van der Waals surface area (Å²) in [5.74, 6) is 1.40. The van der Waals surface area contributed by atoms with E-state index in [0.29, 0.717) is 5.75 Å². The minimum absolute atomic E-state index is 0.189. The zero-order valence-electron chi connectivity index (χ0n) is 16.1. The maximum absolute atomic E-state index is 12.2. The minimum Gasteiger partial charge on any atom is -0.497 e. The first-order chi connectivity index (χ1) is 13.4. The van der Waals surface area contributed by atoms with Crippen LogP contribution in [0.4, 0.5) is 0 Å². The predicted octanol–water partition coefficient (Wildman–Crippen LogP) is 4.80. The normalized spacial score (nSPS) is 12.1. The number of benzene rings is 2. The smallest absolute Gasteiger partial charge is 0.497 e. The SMILES string of the molecule is COc1ccc(/C=N\N(C)[P+](=S)Oc2ccc(CP(=O)(OC)OC)cc2)cc1.